The molecule has 1 heterocycles. The minimum Gasteiger partial charge on any atom is -0.385 e. The van der Waals surface area contributed by atoms with Gasteiger partial charge >= 0.3 is 0 Å². The van der Waals surface area contributed by atoms with E-state index in [1.807, 2.05) is 18.4 Å². The largest absolute Gasteiger partial charge is 0.385 e. The summed E-state index contributed by atoms with van der Waals surface area (Å²) >= 11 is 1.46. The van der Waals surface area contributed by atoms with Gasteiger partial charge in [0, 0.05) is 13.7 Å². The van der Waals surface area contributed by atoms with Gasteiger partial charge in [-0.2, -0.15) is 0 Å². The Morgan fingerprint density at radius 3 is 2.93 bits per heavy atom. The van der Waals surface area contributed by atoms with E-state index in [1.54, 1.807) is 7.11 Å². The summed E-state index contributed by atoms with van der Waals surface area (Å²) in [5.41, 5.74) is 6.84. The Morgan fingerprint density at radius 2 is 2.40 bits per heavy atom. The summed E-state index contributed by atoms with van der Waals surface area (Å²) in [5.74, 6) is 0.0543. The monoisotopic (exact) mass is 227 g/mol. The van der Waals surface area contributed by atoms with E-state index in [4.69, 9.17) is 10.5 Å². The van der Waals surface area contributed by atoms with Crippen molar-refractivity contribution in [1.29, 1.82) is 0 Å². The van der Waals surface area contributed by atoms with Crippen molar-refractivity contribution in [2.24, 2.45) is 5.73 Å². The predicted molar refractivity (Wildman–Crippen MR) is 62.5 cm³/mol. The average molecular weight is 227 g/mol. The number of thiophene rings is 1. The molecular formula is C11H17NO2S. The van der Waals surface area contributed by atoms with Crippen molar-refractivity contribution in [3.05, 3.63) is 21.9 Å². The van der Waals surface area contributed by atoms with Crippen molar-refractivity contribution >= 4 is 17.1 Å². The molecule has 0 aliphatic rings. The first-order chi connectivity index (χ1) is 7.16. The molecule has 15 heavy (non-hydrogen) atoms. The second-order valence-corrected chi connectivity index (χ2v) is 4.45. The molecule has 1 atom stereocenters. The topological polar surface area (TPSA) is 52.3 Å². The molecule has 3 nitrogen and oxygen atoms in total. The number of hydrogen-bond acceptors (Lipinski definition) is 4. The van der Waals surface area contributed by atoms with Crippen molar-refractivity contribution in [1.82, 2.24) is 0 Å². The van der Waals surface area contributed by atoms with E-state index in [9.17, 15) is 4.79 Å². The van der Waals surface area contributed by atoms with E-state index < -0.39 is 6.04 Å². The Balaban J connectivity index is 2.50. The second-order valence-electron chi connectivity index (χ2n) is 3.54. The number of hydrogen-bond donors (Lipinski definition) is 1. The van der Waals surface area contributed by atoms with E-state index in [0.717, 1.165) is 16.9 Å². The standard InChI is InChI=1S/C11H17NO2S/c1-8-5-7-15-11(8)10(13)9(12)4-3-6-14-2/h5,7,9H,3-4,6,12H2,1-2H3. The maximum absolute atomic E-state index is 11.9. The van der Waals surface area contributed by atoms with Gasteiger partial charge < -0.3 is 10.5 Å². The van der Waals surface area contributed by atoms with Crippen molar-refractivity contribution in [3.63, 3.8) is 0 Å². The molecule has 1 unspecified atom stereocenters. The lowest BCUT2D eigenvalue weighted by Crippen LogP contribution is -2.30. The Bertz CT molecular complexity index is 322. The highest BCUT2D eigenvalue weighted by molar-refractivity contribution is 7.12. The molecule has 0 radical (unpaired) electrons. The minimum atomic E-state index is -0.391. The normalized spacial score (nSPS) is 12.7. The fourth-order valence-corrected chi connectivity index (χ4v) is 2.30. The van der Waals surface area contributed by atoms with Gasteiger partial charge in [-0.3, -0.25) is 4.79 Å². The summed E-state index contributed by atoms with van der Waals surface area (Å²) in [7, 11) is 1.65. The Labute approximate surface area is 94.2 Å². The molecule has 0 saturated heterocycles. The van der Waals surface area contributed by atoms with Crippen molar-refractivity contribution in [2.45, 2.75) is 25.8 Å². The molecule has 2 N–H and O–H groups in total. The van der Waals surface area contributed by atoms with Gasteiger partial charge in [-0.1, -0.05) is 0 Å². The first-order valence-corrected chi connectivity index (χ1v) is 5.87. The molecular weight excluding hydrogens is 210 g/mol. The molecule has 0 bridgehead atoms. The van der Waals surface area contributed by atoms with Crippen LogP contribution in [0.25, 0.3) is 0 Å². The number of Topliss-reactive ketones (excluding diaryl/α,β-unsaturated/α-hetero) is 1. The zero-order chi connectivity index (χ0) is 11.3. The number of carbonyl (C=O) groups is 1. The zero-order valence-electron chi connectivity index (χ0n) is 9.16. The lowest BCUT2D eigenvalue weighted by atomic mass is 10.1. The van der Waals surface area contributed by atoms with Crippen LogP contribution in [0.4, 0.5) is 0 Å². The lowest BCUT2D eigenvalue weighted by Gasteiger charge is -2.09. The SMILES string of the molecule is COCCCC(N)C(=O)c1sccc1C. The predicted octanol–water partition coefficient (Wildman–Crippen LogP) is 1.99. The number of carbonyl (C=O) groups excluding carboxylic acids is 1. The van der Waals surface area contributed by atoms with Crippen molar-refractivity contribution in [3.8, 4) is 0 Å². The zero-order valence-corrected chi connectivity index (χ0v) is 9.97. The van der Waals surface area contributed by atoms with E-state index in [-0.39, 0.29) is 5.78 Å². The highest BCUT2D eigenvalue weighted by Gasteiger charge is 2.18. The third-order valence-corrected chi connectivity index (χ3v) is 3.32. The summed E-state index contributed by atoms with van der Waals surface area (Å²) in [5, 5.41) is 1.92. The van der Waals surface area contributed by atoms with Crippen LogP contribution >= 0.6 is 11.3 Å². The van der Waals surface area contributed by atoms with Gasteiger partial charge in [0.15, 0.2) is 5.78 Å². The smallest absolute Gasteiger partial charge is 0.189 e. The highest BCUT2D eigenvalue weighted by atomic mass is 32.1. The van der Waals surface area contributed by atoms with Crippen LogP contribution in [0.15, 0.2) is 11.4 Å². The summed E-state index contributed by atoms with van der Waals surface area (Å²) in [4.78, 5) is 12.7. The van der Waals surface area contributed by atoms with Crippen LogP contribution in [0.5, 0.6) is 0 Å². The molecule has 0 aliphatic carbocycles. The van der Waals surface area contributed by atoms with Crippen LogP contribution in [0, 0.1) is 6.92 Å². The Hall–Kier alpha value is -0.710. The second kappa shape index (κ2) is 6.00. The van der Waals surface area contributed by atoms with Crippen LogP contribution in [-0.4, -0.2) is 25.5 Å². The first kappa shape index (κ1) is 12.4. The average Bonchev–Trinajstić information content (AvgIpc) is 2.63. The Morgan fingerprint density at radius 1 is 1.67 bits per heavy atom. The molecule has 1 aromatic rings. The number of ketones is 1. The van der Waals surface area contributed by atoms with Gasteiger partial charge in [0.05, 0.1) is 10.9 Å². The van der Waals surface area contributed by atoms with Gasteiger partial charge in [-0.05, 0) is 36.8 Å². The molecule has 84 valence electrons. The van der Waals surface area contributed by atoms with Gasteiger partial charge in [-0.25, -0.2) is 0 Å². The quantitative estimate of drug-likeness (QED) is 0.597. The number of rotatable bonds is 6. The van der Waals surface area contributed by atoms with Crippen LogP contribution in [-0.2, 0) is 4.74 Å². The van der Waals surface area contributed by atoms with Gasteiger partial charge in [0.2, 0.25) is 0 Å². The van der Waals surface area contributed by atoms with Crippen LogP contribution in [0.2, 0.25) is 0 Å². The summed E-state index contributed by atoms with van der Waals surface area (Å²) in [6.45, 7) is 2.59. The molecule has 0 fully saturated rings. The Kier molecular flexibility index (Phi) is 4.94. The molecule has 0 saturated carbocycles. The minimum absolute atomic E-state index is 0.0543. The third-order valence-electron chi connectivity index (χ3n) is 2.29. The summed E-state index contributed by atoms with van der Waals surface area (Å²) in [6, 6.07) is 1.55. The number of methoxy groups -OCH3 is 1. The molecule has 0 spiro atoms. The van der Waals surface area contributed by atoms with Crippen molar-refractivity contribution in [2.75, 3.05) is 13.7 Å². The fraction of sp³-hybridized carbons (Fsp3) is 0.545. The van der Waals surface area contributed by atoms with Crippen LogP contribution in [0.3, 0.4) is 0 Å². The van der Waals surface area contributed by atoms with E-state index in [2.05, 4.69) is 0 Å². The lowest BCUT2D eigenvalue weighted by molar-refractivity contribution is 0.0954. The molecule has 1 rings (SSSR count). The maximum Gasteiger partial charge on any atom is 0.189 e. The molecule has 1 aromatic heterocycles. The van der Waals surface area contributed by atoms with E-state index in [1.165, 1.54) is 11.3 Å². The number of nitrogens with two attached hydrogens (primary N) is 1. The van der Waals surface area contributed by atoms with Crippen LogP contribution < -0.4 is 5.73 Å². The van der Waals surface area contributed by atoms with Gasteiger partial charge in [-0.15, -0.1) is 11.3 Å². The number of ether oxygens (including phenoxy) is 1. The van der Waals surface area contributed by atoms with Gasteiger partial charge in [0.25, 0.3) is 0 Å². The van der Waals surface area contributed by atoms with E-state index in [0.29, 0.717) is 13.0 Å². The first-order valence-electron chi connectivity index (χ1n) is 4.99. The number of aryl methyl sites for hydroxylation is 1. The fourth-order valence-electron chi connectivity index (χ4n) is 1.37. The van der Waals surface area contributed by atoms with E-state index >= 15 is 0 Å². The summed E-state index contributed by atoms with van der Waals surface area (Å²) in [6.07, 6.45) is 1.51. The third kappa shape index (κ3) is 3.41. The molecule has 0 aliphatic heterocycles. The van der Waals surface area contributed by atoms with Crippen molar-refractivity contribution < 1.29 is 9.53 Å². The molecule has 0 aromatic carbocycles. The highest BCUT2D eigenvalue weighted by Crippen LogP contribution is 2.18. The van der Waals surface area contributed by atoms with Crippen LogP contribution in [0.1, 0.15) is 28.1 Å². The molecule has 0 amide bonds. The maximum atomic E-state index is 11.9. The summed E-state index contributed by atoms with van der Waals surface area (Å²) < 4.78 is 4.92. The molecule has 4 heteroatoms. The van der Waals surface area contributed by atoms with Gasteiger partial charge in [0.1, 0.15) is 0 Å².